The molecule has 0 saturated heterocycles. The molecule has 0 aliphatic heterocycles. The van der Waals surface area contributed by atoms with Gasteiger partial charge in [0.15, 0.2) is 5.96 Å². The zero-order valence-corrected chi connectivity index (χ0v) is 11.0. The van der Waals surface area contributed by atoms with Gasteiger partial charge in [-0.3, -0.25) is 4.98 Å². The van der Waals surface area contributed by atoms with Crippen LogP contribution in [0.1, 0.15) is 18.4 Å². The largest absolute Gasteiger partial charge is 0.467 e. The number of nitrogens with zero attached hydrogens (tertiary/aromatic N) is 2. The van der Waals surface area contributed by atoms with Gasteiger partial charge in [0.25, 0.3) is 0 Å². The quantitative estimate of drug-likeness (QED) is 0.635. The molecule has 2 rings (SSSR count). The van der Waals surface area contributed by atoms with E-state index >= 15 is 0 Å². The maximum Gasteiger partial charge on any atom is 0.192 e. The molecule has 0 amide bonds. The van der Waals surface area contributed by atoms with Crippen molar-refractivity contribution in [2.75, 3.05) is 6.54 Å². The highest BCUT2D eigenvalue weighted by atomic mass is 16.3. The number of furan rings is 1. The number of aromatic nitrogens is 1. The summed E-state index contributed by atoms with van der Waals surface area (Å²) in [4.78, 5) is 8.71. The van der Waals surface area contributed by atoms with E-state index in [1.54, 1.807) is 12.5 Å². The highest BCUT2D eigenvalue weighted by Crippen LogP contribution is 1.99. The molecular formula is C14H18N4O. The molecule has 19 heavy (non-hydrogen) atoms. The first kappa shape index (κ1) is 13.1. The Kier molecular flexibility index (Phi) is 4.98. The molecule has 0 unspecified atom stereocenters. The Labute approximate surface area is 112 Å². The monoisotopic (exact) mass is 258 g/mol. The molecule has 0 aromatic carbocycles. The predicted molar refractivity (Wildman–Crippen MR) is 74.6 cm³/mol. The summed E-state index contributed by atoms with van der Waals surface area (Å²) in [7, 11) is 0. The molecule has 0 spiro atoms. The van der Waals surface area contributed by atoms with Gasteiger partial charge in [-0.15, -0.1) is 0 Å². The lowest BCUT2D eigenvalue weighted by atomic mass is 10.3. The zero-order valence-electron chi connectivity index (χ0n) is 11.0. The number of rotatable bonds is 5. The van der Waals surface area contributed by atoms with Crippen LogP contribution in [-0.4, -0.2) is 17.5 Å². The van der Waals surface area contributed by atoms with Crippen molar-refractivity contribution in [3.63, 3.8) is 0 Å². The summed E-state index contributed by atoms with van der Waals surface area (Å²) in [5.74, 6) is 1.63. The lowest BCUT2D eigenvalue weighted by molar-refractivity contribution is 0.501. The molecule has 100 valence electrons. The fourth-order valence-electron chi connectivity index (χ4n) is 1.58. The Balaban J connectivity index is 1.91. The van der Waals surface area contributed by atoms with Gasteiger partial charge in [0.05, 0.1) is 25.0 Å². The second kappa shape index (κ2) is 7.20. The van der Waals surface area contributed by atoms with Crippen LogP contribution in [0.5, 0.6) is 0 Å². The third kappa shape index (κ3) is 4.46. The lowest BCUT2D eigenvalue weighted by Gasteiger charge is -2.09. The average Bonchev–Trinajstić information content (AvgIpc) is 2.96. The van der Waals surface area contributed by atoms with Gasteiger partial charge in [0.2, 0.25) is 0 Å². The van der Waals surface area contributed by atoms with E-state index in [1.165, 1.54) is 0 Å². The molecule has 0 atom stereocenters. The van der Waals surface area contributed by atoms with Gasteiger partial charge in [-0.1, -0.05) is 6.07 Å². The molecule has 0 saturated carbocycles. The van der Waals surface area contributed by atoms with Crippen LogP contribution in [0, 0.1) is 0 Å². The van der Waals surface area contributed by atoms with Crippen LogP contribution in [0.3, 0.4) is 0 Å². The lowest BCUT2D eigenvalue weighted by Crippen LogP contribution is -2.36. The highest BCUT2D eigenvalue weighted by molar-refractivity contribution is 5.79. The van der Waals surface area contributed by atoms with Crippen LogP contribution in [0.15, 0.2) is 52.2 Å². The van der Waals surface area contributed by atoms with E-state index < -0.39 is 0 Å². The fourth-order valence-corrected chi connectivity index (χ4v) is 1.58. The summed E-state index contributed by atoms with van der Waals surface area (Å²) < 4.78 is 5.27. The number of aliphatic imine (C=N–C) groups is 1. The smallest absolute Gasteiger partial charge is 0.192 e. The molecule has 2 aromatic rings. The molecule has 0 aliphatic rings. The molecule has 2 N–H and O–H groups in total. The maximum absolute atomic E-state index is 5.27. The standard InChI is InChI=1S/C14H18N4O/c1-2-15-14(18-11-13-7-5-9-19-13)17-10-12-6-3-4-8-16-12/h3-9H,2,10-11H2,1H3,(H2,15,17,18). The summed E-state index contributed by atoms with van der Waals surface area (Å²) in [5.41, 5.74) is 0.942. The zero-order chi connectivity index (χ0) is 13.3. The van der Waals surface area contributed by atoms with E-state index in [-0.39, 0.29) is 0 Å². The van der Waals surface area contributed by atoms with Crippen molar-refractivity contribution in [2.45, 2.75) is 20.0 Å². The van der Waals surface area contributed by atoms with Crippen LogP contribution in [0.4, 0.5) is 0 Å². The normalized spacial score (nSPS) is 11.3. The van der Waals surface area contributed by atoms with E-state index in [2.05, 4.69) is 20.6 Å². The molecule has 5 heteroatoms. The van der Waals surface area contributed by atoms with Crippen LogP contribution in [-0.2, 0) is 13.1 Å². The number of pyridine rings is 1. The Morgan fingerprint density at radius 3 is 2.89 bits per heavy atom. The van der Waals surface area contributed by atoms with E-state index in [0.717, 1.165) is 24.0 Å². The summed E-state index contributed by atoms with van der Waals surface area (Å²) in [6.07, 6.45) is 3.43. The van der Waals surface area contributed by atoms with Crippen molar-refractivity contribution in [3.05, 3.63) is 54.2 Å². The first-order valence-corrected chi connectivity index (χ1v) is 6.33. The van der Waals surface area contributed by atoms with E-state index in [4.69, 9.17) is 4.42 Å². The van der Waals surface area contributed by atoms with Gasteiger partial charge < -0.3 is 15.1 Å². The Morgan fingerprint density at radius 2 is 2.21 bits per heavy atom. The summed E-state index contributed by atoms with van der Waals surface area (Å²) in [6.45, 7) is 4.01. The van der Waals surface area contributed by atoms with Crippen molar-refractivity contribution >= 4 is 5.96 Å². The third-order valence-corrected chi connectivity index (χ3v) is 2.48. The van der Waals surface area contributed by atoms with Gasteiger partial charge in [-0.05, 0) is 31.2 Å². The topological polar surface area (TPSA) is 62.5 Å². The average molecular weight is 258 g/mol. The van der Waals surface area contributed by atoms with Gasteiger partial charge in [0.1, 0.15) is 5.76 Å². The van der Waals surface area contributed by atoms with Gasteiger partial charge in [0, 0.05) is 12.7 Å². The number of hydrogen-bond acceptors (Lipinski definition) is 3. The third-order valence-electron chi connectivity index (χ3n) is 2.48. The summed E-state index contributed by atoms with van der Waals surface area (Å²) >= 11 is 0. The van der Waals surface area contributed by atoms with Gasteiger partial charge in [-0.25, -0.2) is 4.99 Å². The second-order valence-corrected chi connectivity index (χ2v) is 3.95. The minimum atomic E-state index is 0.550. The Hall–Kier alpha value is -2.30. The first-order valence-electron chi connectivity index (χ1n) is 6.33. The van der Waals surface area contributed by atoms with Crippen molar-refractivity contribution < 1.29 is 4.42 Å². The van der Waals surface area contributed by atoms with Crippen molar-refractivity contribution in [1.82, 2.24) is 15.6 Å². The minimum absolute atomic E-state index is 0.550. The number of guanidine groups is 1. The second-order valence-electron chi connectivity index (χ2n) is 3.95. The molecule has 2 aromatic heterocycles. The van der Waals surface area contributed by atoms with E-state index in [0.29, 0.717) is 13.1 Å². The molecule has 0 fully saturated rings. The van der Waals surface area contributed by atoms with Crippen molar-refractivity contribution in [3.8, 4) is 0 Å². The van der Waals surface area contributed by atoms with E-state index in [1.807, 2.05) is 37.3 Å². The highest BCUT2D eigenvalue weighted by Gasteiger charge is 2.00. The molecule has 0 radical (unpaired) electrons. The molecule has 5 nitrogen and oxygen atoms in total. The number of hydrogen-bond donors (Lipinski definition) is 2. The Bertz CT molecular complexity index is 493. The molecule has 0 aliphatic carbocycles. The van der Waals surface area contributed by atoms with Crippen molar-refractivity contribution in [1.29, 1.82) is 0 Å². The molecule has 0 bridgehead atoms. The molecular weight excluding hydrogens is 240 g/mol. The fraction of sp³-hybridized carbons (Fsp3) is 0.286. The number of nitrogens with one attached hydrogen (secondary N) is 2. The minimum Gasteiger partial charge on any atom is -0.467 e. The van der Waals surface area contributed by atoms with E-state index in [9.17, 15) is 0 Å². The predicted octanol–water partition coefficient (Wildman–Crippen LogP) is 1.93. The molecule has 2 heterocycles. The van der Waals surface area contributed by atoms with Crippen molar-refractivity contribution in [2.24, 2.45) is 4.99 Å². The van der Waals surface area contributed by atoms with Crippen LogP contribution in [0.25, 0.3) is 0 Å². The SMILES string of the molecule is CCNC(=NCc1ccccn1)NCc1ccco1. The van der Waals surface area contributed by atoms with Crippen LogP contribution in [0.2, 0.25) is 0 Å². The van der Waals surface area contributed by atoms with Crippen LogP contribution < -0.4 is 10.6 Å². The first-order chi connectivity index (χ1) is 9.38. The Morgan fingerprint density at radius 1 is 1.26 bits per heavy atom. The summed E-state index contributed by atoms with van der Waals surface area (Å²) in [6, 6.07) is 9.61. The van der Waals surface area contributed by atoms with Gasteiger partial charge >= 0.3 is 0 Å². The van der Waals surface area contributed by atoms with Gasteiger partial charge in [-0.2, -0.15) is 0 Å². The maximum atomic E-state index is 5.27. The summed E-state index contributed by atoms with van der Waals surface area (Å²) in [5, 5.41) is 6.40. The van der Waals surface area contributed by atoms with Crippen LogP contribution >= 0.6 is 0 Å².